The second kappa shape index (κ2) is 8.83. The molecule has 2 aliphatic carbocycles. The summed E-state index contributed by atoms with van der Waals surface area (Å²) in [6, 6.07) is 45.3. The summed E-state index contributed by atoms with van der Waals surface area (Å²) in [5.74, 6) is 0. The molecule has 1 aromatic heterocycles. The van der Waals surface area contributed by atoms with Gasteiger partial charge in [0.15, 0.2) is 0 Å². The molecule has 2 aliphatic rings. The molecule has 1 heterocycles. The number of para-hydroxylation sites is 1. The van der Waals surface area contributed by atoms with Gasteiger partial charge in [0.25, 0.3) is 0 Å². The zero-order valence-electron chi connectivity index (χ0n) is 25.4. The Hall–Kier alpha value is -4.40. The smallest absolute Gasteiger partial charge is 0.0544 e. The van der Waals surface area contributed by atoms with Gasteiger partial charge < -0.3 is 4.57 Å². The van der Waals surface area contributed by atoms with Gasteiger partial charge >= 0.3 is 0 Å². The van der Waals surface area contributed by atoms with Crippen molar-refractivity contribution in [2.45, 2.75) is 38.5 Å². The Morgan fingerprint density at radius 1 is 0.432 bits per heavy atom. The van der Waals surface area contributed by atoms with E-state index in [1.807, 2.05) is 0 Å². The normalized spacial score (nSPS) is 15.3. The molecule has 0 unspecified atom stereocenters. The molecule has 44 heavy (non-hydrogen) atoms. The maximum atomic E-state index is 3.86. The molecule has 0 saturated heterocycles. The highest BCUT2D eigenvalue weighted by molar-refractivity contribution is 9.10. The van der Waals surface area contributed by atoms with E-state index >= 15 is 0 Å². The highest BCUT2D eigenvalue weighted by atomic mass is 79.9. The molecule has 0 bridgehead atoms. The minimum absolute atomic E-state index is 0.0773. The zero-order chi connectivity index (χ0) is 30.0. The van der Waals surface area contributed by atoms with Crippen LogP contribution in [0, 0.1) is 0 Å². The summed E-state index contributed by atoms with van der Waals surface area (Å²) in [7, 11) is 0. The van der Waals surface area contributed by atoms with Crippen LogP contribution in [0.1, 0.15) is 49.9 Å². The average Bonchev–Trinajstić information content (AvgIpc) is 3.56. The summed E-state index contributed by atoms with van der Waals surface area (Å²) in [6.45, 7) is 9.50. The maximum Gasteiger partial charge on any atom is 0.0544 e. The van der Waals surface area contributed by atoms with Crippen LogP contribution >= 0.6 is 15.9 Å². The van der Waals surface area contributed by atoms with Crippen LogP contribution in [0.5, 0.6) is 0 Å². The number of halogens is 1. The van der Waals surface area contributed by atoms with Crippen LogP contribution in [0.25, 0.3) is 60.9 Å². The molecule has 0 N–H and O–H groups in total. The topological polar surface area (TPSA) is 4.93 Å². The third-order valence-corrected chi connectivity index (χ3v) is 11.2. The van der Waals surface area contributed by atoms with Crippen LogP contribution in [-0.2, 0) is 10.8 Å². The summed E-state index contributed by atoms with van der Waals surface area (Å²) in [6.07, 6.45) is 0. The Balaban J connectivity index is 1.45. The molecule has 2 heteroatoms. The fraction of sp³-hybridized carbons (Fsp3) is 0.143. The lowest BCUT2D eigenvalue weighted by Crippen LogP contribution is -2.15. The Morgan fingerprint density at radius 2 is 0.864 bits per heavy atom. The fourth-order valence-electron chi connectivity index (χ4n) is 8.24. The maximum absolute atomic E-state index is 3.86. The molecule has 0 spiro atoms. The summed E-state index contributed by atoms with van der Waals surface area (Å²) >= 11 is 3.86. The first kappa shape index (κ1) is 26.0. The van der Waals surface area contributed by atoms with Crippen LogP contribution in [0.4, 0.5) is 0 Å². The first-order chi connectivity index (χ1) is 21.3. The number of rotatable bonds is 2. The summed E-state index contributed by atoms with van der Waals surface area (Å²) in [4.78, 5) is 0. The monoisotopic (exact) mass is 629 g/mol. The van der Waals surface area contributed by atoms with E-state index in [4.69, 9.17) is 0 Å². The standard InChI is InChI=1S/C42H32BrN/c1-41(2)33-17-9-5-13-25(33)29-21-31-32-22-30-26-14-6-10-18-34(26)42(3,4)36(30)24-40(32)44(39(31)23-35(29)41)38-20-12-8-16-28(38)27-15-7-11-19-37(27)43/h5-24H,1-4H3. The van der Waals surface area contributed by atoms with Crippen LogP contribution in [0.15, 0.2) is 126 Å². The lowest BCUT2D eigenvalue weighted by atomic mass is 9.82. The van der Waals surface area contributed by atoms with Crippen molar-refractivity contribution in [2.24, 2.45) is 0 Å². The lowest BCUT2D eigenvalue weighted by Gasteiger charge is -2.22. The zero-order valence-corrected chi connectivity index (χ0v) is 27.0. The van der Waals surface area contributed by atoms with Crippen molar-refractivity contribution in [3.05, 3.63) is 148 Å². The SMILES string of the molecule is CC1(C)c2ccccc2-c2cc3c4cc5c(cc4n(-c4ccccc4-c4ccccc4Br)c3cc21)C(C)(C)c1ccccc1-5. The molecule has 9 rings (SSSR count). The van der Waals surface area contributed by atoms with Crippen molar-refractivity contribution < 1.29 is 0 Å². The summed E-state index contributed by atoms with van der Waals surface area (Å²) < 4.78 is 3.64. The minimum atomic E-state index is -0.0773. The van der Waals surface area contributed by atoms with Gasteiger partial charge in [0.1, 0.15) is 0 Å². The van der Waals surface area contributed by atoms with E-state index in [1.165, 1.54) is 83.1 Å². The Bertz CT molecular complexity index is 2230. The van der Waals surface area contributed by atoms with Crippen LogP contribution in [-0.4, -0.2) is 4.57 Å². The number of hydrogen-bond acceptors (Lipinski definition) is 0. The predicted octanol–water partition coefficient (Wildman–Crippen LogP) is 11.8. The largest absolute Gasteiger partial charge is 0.309 e. The van der Waals surface area contributed by atoms with E-state index in [0.29, 0.717) is 0 Å². The quantitative estimate of drug-likeness (QED) is 0.179. The van der Waals surface area contributed by atoms with E-state index in [0.717, 1.165) is 4.47 Å². The van der Waals surface area contributed by atoms with Crippen molar-refractivity contribution in [1.82, 2.24) is 4.57 Å². The summed E-state index contributed by atoms with van der Waals surface area (Å²) in [5.41, 5.74) is 17.0. The first-order valence-electron chi connectivity index (χ1n) is 15.5. The van der Waals surface area contributed by atoms with Crippen LogP contribution in [0.2, 0.25) is 0 Å². The van der Waals surface area contributed by atoms with Gasteiger partial charge in [-0.25, -0.2) is 0 Å². The van der Waals surface area contributed by atoms with Gasteiger partial charge in [0.05, 0.1) is 16.7 Å². The van der Waals surface area contributed by atoms with Gasteiger partial charge in [-0.1, -0.05) is 129 Å². The van der Waals surface area contributed by atoms with Gasteiger partial charge in [-0.3, -0.25) is 0 Å². The van der Waals surface area contributed by atoms with Crippen LogP contribution < -0.4 is 0 Å². The van der Waals surface area contributed by atoms with Gasteiger partial charge in [-0.15, -0.1) is 0 Å². The molecule has 6 aromatic carbocycles. The van der Waals surface area contributed by atoms with E-state index in [9.17, 15) is 0 Å². The van der Waals surface area contributed by atoms with Gasteiger partial charge in [0, 0.05) is 31.6 Å². The van der Waals surface area contributed by atoms with Gasteiger partial charge in [-0.05, 0) is 86.5 Å². The number of nitrogens with zero attached hydrogens (tertiary/aromatic N) is 1. The van der Waals surface area contributed by atoms with Crippen molar-refractivity contribution in [1.29, 1.82) is 0 Å². The first-order valence-corrected chi connectivity index (χ1v) is 16.3. The third kappa shape index (κ3) is 3.30. The fourth-order valence-corrected chi connectivity index (χ4v) is 8.74. The Kier molecular flexibility index (Phi) is 5.23. The van der Waals surface area contributed by atoms with E-state index in [2.05, 4.69) is 170 Å². The van der Waals surface area contributed by atoms with Crippen LogP contribution in [0.3, 0.4) is 0 Å². The molecule has 0 fully saturated rings. The van der Waals surface area contributed by atoms with Gasteiger partial charge in [-0.2, -0.15) is 0 Å². The van der Waals surface area contributed by atoms with Crippen molar-refractivity contribution in [2.75, 3.05) is 0 Å². The Morgan fingerprint density at radius 3 is 1.39 bits per heavy atom. The second-order valence-corrected chi connectivity index (χ2v) is 14.4. The molecule has 7 aromatic rings. The second-order valence-electron chi connectivity index (χ2n) is 13.5. The molecule has 0 radical (unpaired) electrons. The molecular formula is C42H32BrN. The Labute approximate surface area is 266 Å². The number of hydrogen-bond donors (Lipinski definition) is 0. The molecule has 0 amide bonds. The summed E-state index contributed by atoms with van der Waals surface area (Å²) in [5, 5.41) is 2.61. The van der Waals surface area contributed by atoms with E-state index < -0.39 is 0 Å². The highest BCUT2D eigenvalue weighted by Crippen LogP contribution is 2.54. The van der Waals surface area contributed by atoms with E-state index in [1.54, 1.807) is 0 Å². The molecule has 212 valence electrons. The predicted molar refractivity (Wildman–Crippen MR) is 189 cm³/mol. The van der Waals surface area contributed by atoms with Gasteiger partial charge in [0.2, 0.25) is 0 Å². The van der Waals surface area contributed by atoms with E-state index in [-0.39, 0.29) is 10.8 Å². The molecule has 1 nitrogen and oxygen atoms in total. The van der Waals surface area contributed by atoms with Crippen molar-refractivity contribution in [3.8, 4) is 39.1 Å². The van der Waals surface area contributed by atoms with Crippen molar-refractivity contribution in [3.63, 3.8) is 0 Å². The van der Waals surface area contributed by atoms with Crippen molar-refractivity contribution >= 4 is 37.7 Å². The number of aromatic nitrogens is 1. The third-order valence-electron chi connectivity index (χ3n) is 10.5. The lowest BCUT2D eigenvalue weighted by molar-refractivity contribution is 0.660. The average molecular weight is 631 g/mol. The molecular weight excluding hydrogens is 598 g/mol. The molecule has 0 saturated carbocycles. The molecule has 0 aliphatic heterocycles. The highest BCUT2D eigenvalue weighted by Gasteiger charge is 2.38. The number of benzene rings is 6. The minimum Gasteiger partial charge on any atom is -0.309 e. The molecule has 0 atom stereocenters. The number of fused-ring (bicyclic) bond motifs is 9.